The lowest BCUT2D eigenvalue weighted by Crippen LogP contribution is -2.42. The van der Waals surface area contributed by atoms with E-state index in [1.54, 1.807) is 81.0 Å². The first kappa shape index (κ1) is 70.6. The van der Waals surface area contributed by atoms with Crippen molar-refractivity contribution in [2.45, 2.75) is 84.9 Å². The molecule has 0 spiro atoms. The molecule has 516 valence electrons. The van der Waals surface area contributed by atoms with Crippen molar-refractivity contribution in [3.8, 4) is 40.7 Å². The van der Waals surface area contributed by atoms with E-state index < -0.39 is 23.6 Å². The fourth-order valence-electron chi connectivity index (χ4n) is 13.9. The highest BCUT2D eigenvalue weighted by atomic mass is 16.5. The molecule has 8 heterocycles. The van der Waals surface area contributed by atoms with Gasteiger partial charge in [0.05, 0.1) is 67.9 Å². The monoisotopic (exact) mass is 1340 g/mol. The number of carbonyl (C=O) groups excluding carboxylic acids is 5. The van der Waals surface area contributed by atoms with Crippen LogP contribution in [0.15, 0.2) is 97.5 Å². The van der Waals surface area contributed by atoms with Crippen LogP contribution in [0.2, 0.25) is 0 Å². The molecule has 0 radical (unpaired) electrons. The molecule has 7 atom stereocenters. The topological polar surface area (TPSA) is 343 Å². The van der Waals surface area contributed by atoms with Crippen molar-refractivity contribution < 1.29 is 57.5 Å². The number of carbonyl (C=O) groups is 5. The molecular weight excluding hydrogens is 1250 g/mol. The van der Waals surface area contributed by atoms with Gasteiger partial charge in [0.15, 0.2) is 0 Å². The number of aromatic nitrogens is 3. The average molecular weight is 1340 g/mol. The maximum absolute atomic E-state index is 12.4. The van der Waals surface area contributed by atoms with E-state index >= 15 is 0 Å². The molecule has 0 unspecified atom stereocenters. The molecule has 24 nitrogen and oxygen atoms in total. The summed E-state index contributed by atoms with van der Waals surface area (Å²) in [7, 11) is 4.61. The molecule has 4 fully saturated rings. The van der Waals surface area contributed by atoms with Crippen LogP contribution in [0.1, 0.15) is 114 Å². The van der Waals surface area contributed by atoms with E-state index in [0.29, 0.717) is 92.6 Å². The molecule has 2 bridgehead atoms. The van der Waals surface area contributed by atoms with Gasteiger partial charge >= 0.3 is 0 Å². The summed E-state index contributed by atoms with van der Waals surface area (Å²) >= 11 is 0. The molecule has 5 aliphatic heterocycles. The number of amides is 5. The number of rotatable bonds is 11. The molecule has 5 amide bonds. The van der Waals surface area contributed by atoms with Crippen LogP contribution in [0.3, 0.4) is 0 Å². The first-order valence-corrected chi connectivity index (χ1v) is 33.1. The molecule has 98 heavy (non-hydrogen) atoms. The van der Waals surface area contributed by atoms with Gasteiger partial charge in [0.1, 0.15) is 54.6 Å². The van der Waals surface area contributed by atoms with Gasteiger partial charge in [-0.25, -0.2) is 15.0 Å². The van der Waals surface area contributed by atoms with Gasteiger partial charge in [-0.1, -0.05) is 52.2 Å². The molecule has 24 heteroatoms. The Morgan fingerprint density at radius 3 is 1.80 bits per heavy atom. The molecule has 8 aromatic rings. The van der Waals surface area contributed by atoms with Gasteiger partial charge in [-0.2, -0.15) is 0 Å². The Bertz CT molecular complexity index is 4360. The number of benzene rings is 5. The number of nitrogens with zero attached hydrogens (tertiary/aromatic N) is 7. The maximum Gasteiger partial charge on any atom is 0.252 e. The third-order valence-electron chi connectivity index (χ3n) is 18.9. The maximum atomic E-state index is 12.4. The highest BCUT2D eigenvalue weighted by Gasteiger charge is 2.38. The average Bonchev–Trinajstić information content (AvgIpc) is 1.07. The van der Waals surface area contributed by atoms with Gasteiger partial charge in [-0.05, 0) is 133 Å². The van der Waals surface area contributed by atoms with Gasteiger partial charge in [0, 0.05) is 103 Å². The SMILES string of the molecule is CC#Cc1cnc2c3cc(c(C(N)=O)cc13)OCCOCN1C(=O)C[C@@H](C)[C@H]1CO2.CC[C@H]1CN(c2nccc3cc(C(N)=O)c(OC)cc23)C[C@@H]1C.COc1cc2c(N3CCC[C@H](N)C3)cccc2cc1C(N)=O.COc1cc2c(N3C[C@H](C)C[C@H](O)C3)nccc2cc1C(N)=O. The molecule has 5 aliphatic rings. The van der Waals surface area contributed by atoms with Gasteiger partial charge in [-0.15, -0.1) is 5.92 Å². The quantitative estimate of drug-likeness (QED) is 0.0669. The highest BCUT2D eigenvalue weighted by molar-refractivity contribution is 6.07. The number of β-amino-alcohol motifs (C(OH)–C–C–N with tert-alkyl or cyclic N) is 1. The van der Waals surface area contributed by atoms with E-state index in [9.17, 15) is 29.1 Å². The lowest BCUT2D eigenvalue weighted by Gasteiger charge is -2.35. The van der Waals surface area contributed by atoms with Crippen molar-refractivity contribution in [1.29, 1.82) is 0 Å². The Labute approximate surface area is 570 Å². The van der Waals surface area contributed by atoms with Crippen molar-refractivity contribution in [2.24, 2.45) is 52.3 Å². The van der Waals surface area contributed by atoms with Crippen LogP contribution in [0.25, 0.3) is 43.1 Å². The largest absolute Gasteiger partial charge is 0.496 e. The number of fused-ring (bicyclic) bond motifs is 5. The van der Waals surface area contributed by atoms with Gasteiger partial charge < -0.3 is 81.8 Å². The number of aliphatic hydroxyl groups excluding tert-OH is 1. The second-order valence-corrected chi connectivity index (χ2v) is 25.7. The van der Waals surface area contributed by atoms with Crippen LogP contribution in [0, 0.1) is 35.5 Å². The third kappa shape index (κ3) is 15.6. The molecule has 5 aromatic carbocycles. The van der Waals surface area contributed by atoms with E-state index in [4.69, 9.17) is 57.1 Å². The summed E-state index contributed by atoms with van der Waals surface area (Å²) in [5.41, 5.74) is 31.2. The predicted molar refractivity (Wildman–Crippen MR) is 378 cm³/mol. The van der Waals surface area contributed by atoms with Crippen molar-refractivity contribution in [1.82, 2.24) is 19.9 Å². The second-order valence-electron chi connectivity index (χ2n) is 25.7. The normalized spacial score (nSPS) is 20.6. The Hall–Kier alpha value is -10.2. The Kier molecular flexibility index (Phi) is 22.6. The van der Waals surface area contributed by atoms with E-state index in [1.807, 2.05) is 43.3 Å². The summed E-state index contributed by atoms with van der Waals surface area (Å²) in [6.07, 6.45) is 9.35. The van der Waals surface area contributed by atoms with Crippen LogP contribution >= 0.6 is 0 Å². The lowest BCUT2D eigenvalue weighted by molar-refractivity contribution is -0.135. The Morgan fingerprint density at radius 1 is 0.653 bits per heavy atom. The van der Waals surface area contributed by atoms with Gasteiger partial charge in [0.2, 0.25) is 11.8 Å². The number of piperidine rings is 2. The fourth-order valence-corrected chi connectivity index (χ4v) is 13.9. The smallest absolute Gasteiger partial charge is 0.252 e. The van der Waals surface area contributed by atoms with Crippen molar-refractivity contribution in [3.05, 3.63) is 125 Å². The zero-order valence-electron chi connectivity index (χ0n) is 56.8. The zero-order valence-corrected chi connectivity index (χ0v) is 56.8. The van der Waals surface area contributed by atoms with E-state index in [-0.39, 0.29) is 62.1 Å². The van der Waals surface area contributed by atoms with Crippen LogP contribution < -0.4 is 67.1 Å². The number of nitrogens with two attached hydrogens (primary N) is 5. The number of anilines is 3. The van der Waals surface area contributed by atoms with Crippen LogP contribution in [0.4, 0.5) is 17.3 Å². The third-order valence-corrected chi connectivity index (χ3v) is 18.9. The van der Waals surface area contributed by atoms with Gasteiger partial charge in [-0.3, -0.25) is 24.0 Å². The molecule has 11 N–H and O–H groups in total. The Balaban J connectivity index is 0.000000143. The molecular formula is C74H88N12O12. The highest BCUT2D eigenvalue weighted by Crippen LogP contribution is 2.39. The van der Waals surface area contributed by atoms with Crippen molar-refractivity contribution >= 4 is 89.9 Å². The predicted octanol–water partition coefficient (Wildman–Crippen LogP) is 7.94. The summed E-state index contributed by atoms with van der Waals surface area (Å²) in [6, 6.07) is 24.1. The van der Waals surface area contributed by atoms with Crippen LogP contribution in [0.5, 0.6) is 28.9 Å². The van der Waals surface area contributed by atoms with Crippen molar-refractivity contribution in [3.63, 3.8) is 0 Å². The number of hydrogen-bond donors (Lipinski definition) is 6. The molecule has 0 saturated carbocycles. The second kappa shape index (κ2) is 31.3. The summed E-state index contributed by atoms with van der Waals surface area (Å²) < 4.78 is 33.5. The lowest BCUT2D eigenvalue weighted by atomic mass is 9.96. The summed E-state index contributed by atoms with van der Waals surface area (Å²) in [5.74, 6) is 9.59. The Morgan fingerprint density at radius 2 is 1.24 bits per heavy atom. The van der Waals surface area contributed by atoms with Crippen LogP contribution in [-0.4, -0.2) is 160 Å². The van der Waals surface area contributed by atoms with E-state index in [0.717, 1.165) is 102 Å². The number of methoxy groups -OCH3 is 3. The van der Waals surface area contributed by atoms with Crippen LogP contribution in [-0.2, 0) is 9.53 Å². The number of pyridine rings is 3. The van der Waals surface area contributed by atoms with E-state index in [1.165, 1.54) is 13.5 Å². The minimum Gasteiger partial charge on any atom is -0.496 e. The number of primary amides is 4. The summed E-state index contributed by atoms with van der Waals surface area (Å²) in [4.78, 5) is 81.1. The number of aliphatic hydroxyl groups is 1. The van der Waals surface area contributed by atoms with Gasteiger partial charge in [0.25, 0.3) is 23.6 Å². The number of hydrogen-bond acceptors (Lipinski definition) is 19. The molecule has 4 saturated heterocycles. The first-order chi connectivity index (χ1) is 47.1. The fraction of sp³-hybridized carbons (Fsp3) is 0.405. The standard InChI is InChI=1S/C22H23N3O5.C18H23N3O2.C17H21N3O3.C17H21N3O2/c1-3-4-14-10-24-22-16-9-19(17(21(23)27)8-15(14)16)29-6-5-28-12-25-18(11-30-22)13(2)7-20(25)26;1-4-12-10-21(9-11(12)2)18-14-8-16(23-3)15(17(19)22)7-13(14)5-6-20-18;1-10-5-12(21)9-20(8-10)17-13-7-15(23-2)14(16(18)22)6-11(13)3-4-19-17;1-22-16-9-13-11(8-14(16)17(19)21)4-2-6-15(13)20-7-3-5-12(18)10-20/h8-10,13,18H,5-7,11-12H2,1-2H3,(H2,23,27);5-8,11-12H,4,9-10H2,1-3H3,(H2,19,22);3-4,6-7,10,12,21H,5,8-9H2,1-2H3,(H2,18,22);2,4,6,8-9,12H,3,5,7,10,18H2,1H3,(H2,19,21)/t13-,18-;11-,12-;10-,12+;12-/m1010/s1. The zero-order chi connectivity index (χ0) is 70.1. The van der Waals surface area contributed by atoms with E-state index in [2.05, 4.69) is 68.3 Å². The summed E-state index contributed by atoms with van der Waals surface area (Å²) in [5, 5.41) is 17.2. The molecule has 3 aromatic heterocycles. The first-order valence-electron chi connectivity index (χ1n) is 33.1. The molecule has 0 aliphatic carbocycles. The number of ether oxygens (including phenoxy) is 6. The van der Waals surface area contributed by atoms with Crippen molar-refractivity contribution in [2.75, 3.05) is 102 Å². The minimum absolute atomic E-state index is 0.0372. The summed E-state index contributed by atoms with van der Waals surface area (Å²) in [6.45, 7) is 16.6. The molecule has 13 rings (SSSR count). The minimum atomic E-state index is -0.605.